The first-order valence-electron chi connectivity index (χ1n) is 12.0. The minimum absolute atomic E-state index is 0.0485. The maximum atomic E-state index is 13.8. The third kappa shape index (κ3) is 6.66. The van der Waals surface area contributed by atoms with Crippen molar-refractivity contribution in [2.75, 3.05) is 11.9 Å². The normalized spacial score (nSPS) is 17.3. The van der Waals surface area contributed by atoms with E-state index >= 15 is 0 Å². The molecule has 36 heavy (non-hydrogen) atoms. The molecule has 0 saturated heterocycles. The largest absolute Gasteiger partial charge is 0.484 e. The lowest BCUT2D eigenvalue weighted by molar-refractivity contribution is -0.118. The number of benzene rings is 3. The minimum atomic E-state index is -0.803. The van der Waals surface area contributed by atoms with Gasteiger partial charge in [-0.05, 0) is 54.8 Å². The number of anilines is 1. The van der Waals surface area contributed by atoms with Gasteiger partial charge in [0, 0.05) is 35.9 Å². The summed E-state index contributed by atoms with van der Waals surface area (Å²) in [5, 5.41) is 2.78. The van der Waals surface area contributed by atoms with Gasteiger partial charge in [-0.2, -0.15) is 0 Å². The number of carbonyl (C=O) groups is 2. The third-order valence-corrected chi connectivity index (χ3v) is 6.26. The smallest absolute Gasteiger partial charge is 0.262 e. The Morgan fingerprint density at radius 2 is 1.61 bits per heavy atom. The molecule has 0 spiro atoms. The van der Waals surface area contributed by atoms with E-state index in [0.717, 1.165) is 49.4 Å². The lowest BCUT2D eigenvalue weighted by Gasteiger charge is -2.38. The highest BCUT2D eigenvalue weighted by Gasteiger charge is 2.32. The van der Waals surface area contributed by atoms with Crippen LogP contribution >= 0.6 is 0 Å². The molecule has 3 aromatic carbocycles. The zero-order chi connectivity index (χ0) is 25.5. The van der Waals surface area contributed by atoms with Crippen molar-refractivity contribution in [1.29, 1.82) is 0 Å². The highest BCUT2D eigenvalue weighted by atomic mass is 19.1. The average Bonchev–Trinajstić information content (AvgIpc) is 2.87. The summed E-state index contributed by atoms with van der Waals surface area (Å²) in [6, 6.07) is 18.5. The number of ether oxygens (including phenoxy) is 1. The zero-order valence-electron chi connectivity index (χ0n) is 19.8. The molecule has 0 aliphatic heterocycles. The van der Waals surface area contributed by atoms with Crippen LogP contribution in [0.2, 0.25) is 0 Å². The molecule has 1 aliphatic rings. The molecule has 188 valence electrons. The van der Waals surface area contributed by atoms with Crippen molar-refractivity contribution in [3.05, 3.63) is 95.6 Å². The molecule has 0 radical (unpaired) electrons. The molecule has 0 aromatic heterocycles. The van der Waals surface area contributed by atoms with Crippen molar-refractivity contribution < 1.29 is 23.1 Å². The molecule has 2 unspecified atom stereocenters. The fraction of sp³-hybridized carbons (Fsp3) is 0.286. The Bertz CT molecular complexity index is 1170. The van der Waals surface area contributed by atoms with Crippen LogP contribution in [0.3, 0.4) is 0 Å². The number of halogens is 2. The minimum Gasteiger partial charge on any atom is -0.484 e. The molecular weight excluding hydrogens is 464 g/mol. The zero-order valence-corrected chi connectivity index (χ0v) is 19.8. The molecule has 1 aliphatic carbocycles. The number of carbonyl (C=O) groups excluding carboxylic acids is 2. The molecular formula is C28H29F2N3O3. The molecule has 3 N–H and O–H groups in total. The van der Waals surface area contributed by atoms with Crippen LogP contribution in [0.4, 0.5) is 14.5 Å². The average molecular weight is 494 g/mol. The summed E-state index contributed by atoms with van der Waals surface area (Å²) < 4.78 is 33.1. The molecule has 1 saturated carbocycles. The van der Waals surface area contributed by atoms with E-state index in [0.29, 0.717) is 11.4 Å². The number of hydrogen-bond acceptors (Lipinski definition) is 4. The Hall–Kier alpha value is -3.78. The van der Waals surface area contributed by atoms with E-state index in [4.69, 9.17) is 10.5 Å². The molecule has 3 aromatic rings. The van der Waals surface area contributed by atoms with Crippen molar-refractivity contribution in [1.82, 2.24) is 4.90 Å². The van der Waals surface area contributed by atoms with Crippen LogP contribution in [0, 0.1) is 11.6 Å². The predicted molar refractivity (Wildman–Crippen MR) is 133 cm³/mol. The van der Waals surface area contributed by atoms with Crippen LogP contribution in [-0.4, -0.2) is 35.4 Å². The number of nitrogens with two attached hydrogens (primary N) is 1. The van der Waals surface area contributed by atoms with Gasteiger partial charge in [0.25, 0.3) is 11.8 Å². The predicted octanol–water partition coefficient (Wildman–Crippen LogP) is 4.89. The van der Waals surface area contributed by atoms with Gasteiger partial charge in [0.1, 0.15) is 17.4 Å². The fourth-order valence-corrected chi connectivity index (χ4v) is 4.46. The first kappa shape index (κ1) is 25.3. The van der Waals surface area contributed by atoms with Crippen molar-refractivity contribution in [3.8, 4) is 5.75 Å². The van der Waals surface area contributed by atoms with Gasteiger partial charge in [-0.15, -0.1) is 0 Å². The van der Waals surface area contributed by atoms with E-state index < -0.39 is 17.5 Å². The topological polar surface area (TPSA) is 84.7 Å². The fourth-order valence-electron chi connectivity index (χ4n) is 4.46. The van der Waals surface area contributed by atoms with Gasteiger partial charge >= 0.3 is 0 Å². The maximum absolute atomic E-state index is 13.8. The Morgan fingerprint density at radius 1 is 0.944 bits per heavy atom. The van der Waals surface area contributed by atoms with Crippen molar-refractivity contribution in [2.45, 2.75) is 44.3 Å². The van der Waals surface area contributed by atoms with Gasteiger partial charge in [-0.3, -0.25) is 9.59 Å². The molecule has 8 heteroatoms. The standard InChI is InChI=1S/C28H29F2N3O3/c29-21-14-20(15-22(30)16-21)28(35)33(26-9-5-4-8-25(26)31)17-19-10-12-23(13-11-19)32-27(34)18-36-24-6-2-1-3-7-24/h1-3,6-7,10-16,25-26H,4-5,8-9,17-18,31H2,(H,32,34). The third-order valence-electron chi connectivity index (χ3n) is 6.26. The number of hydrogen-bond donors (Lipinski definition) is 2. The first-order chi connectivity index (χ1) is 17.4. The van der Waals surface area contributed by atoms with E-state index in [2.05, 4.69) is 5.32 Å². The monoisotopic (exact) mass is 493 g/mol. The van der Waals surface area contributed by atoms with E-state index in [1.165, 1.54) is 0 Å². The van der Waals surface area contributed by atoms with E-state index in [1.807, 2.05) is 18.2 Å². The molecule has 6 nitrogen and oxygen atoms in total. The summed E-state index contributed by atoms with van der Waals surface area (Å²) in [4.78, 5) is 27.2. The number of rotatable bonds is 8. The molecule has 1 fully saturated rings. The number of nitrogens with one attached hydrogen (secondary N) is 1. The number of para-hydroxylation sites is 1. The second kappa shape index (κ2) is 11.8. The quantitative estimate of drug-likeness (QED) is 0.468. The Labute approximate surface area is 209 Å². The molecule has 2 amide bonds. The second-order valence-electron chi connectivity index (χ2n) is 8.95. The molecule has 4 rings (SSSR count). The van der Waals surface area contributed by atoms with Crippen LogP contribution in [0.15, 0.2) is 72.8 Å². The van der Waals surface area contributed by atoms with Crippen LogP contribution in [0.1, 0.15) is 41.6 Å². The van der Waals surface area contributed by atoms with Crippen LogP contribution in [0.5, 0.6) is 5.75 Å². The SMILES string of the molecule is NC1CCCCC1N(Cc1ccc(NC(=O)COc2ccccc2)cc1)C(=O)c1cc(F)cc(F)c1. The second-order valence-corrected chi connectivity index (χ2v) is 8.95. The van der Waals surface area contributed by atoms with Crippen LogP contribution in [-0.2, 0) is 11.3 Å². The van der Waals surface area contributed by atoms with Gasteiger partial charge in [0.15, 0.2) is 6.61 Å². The van der Waals surface area contributed by atoms with Crippen LogP contribution < -0.4 is 15.8 Å². The number of nitrogens with zero attached hydrogens (tertiary/aromatic N) is 1. The lowest BCUT2D eigenvalue weighted by Crippen LogP contribution is -2.51. The van der Waals surface area contributed by atoms with Gasteiger partial charge in [-0.1, -0.05) is 43.2 Å². The first-order valence-corrected chi connectivity index (χ1v) is 12.0. The van der Waals surface area contributed by atoms with Crippen LogP contribution in [0.25, 0.3) is 0 Å². The maximum Gasteiger partial charge on any atom is 0.262 e. The van der Waals surface area contributed by atoms with E-state index in [1.54, 1.807) is 41.3 Å². The summed E-state index contributed by atoms with van der Waals surface area (Å²) in [6.07, 6.45) is 3.41. The molecule has 0 bridgehead atoms. The van der Waals surface area contributed by atoms with Gasteiger partial charge in [0.2, 0.25) is 0 Å². The summed E-state index contributed by atoms with van der Waals surface area (Å²) >= 11 is 0. The Morgan fingerprint density at radius 3 is 2.28 bits per heavy atom. The van der Waals surface area contributed by atoms with Gasteiger partial charge in [-0.25, -0.2) is 8.78 Å². The molecule has 0 heterocycles. The highest BCUT2D eigenvalue weighted by Crippen LogP contribution is 2.26. The van der Waals surface area contributed by atoms with Gasteiger partial charge in [0.05, 0.1) is 0 Å². The Kier molecular flexibility index (Phi) is 8.28. The van der Waals surface area contributed by atoms with E-state index in [-0.39, 0.29) is 36.7 Å². The summed E-state index contributed by atoms with van der Waals surface area (Å²) in [7, 11) is 0. The summed E-state index contributed by atoms with van der Waals surface area (Å²) in [5.74, 6) is -1.77. The summed E-state index contributed by atoms with van der Waals surface area (Å²) in [5.41, 5.74) is 7.69. The van der Waals surface area contributed by atoms with Crippen molar-refractivity contribution >= 4 is 17.5 Å². The summed E-state index contributed by atoms with van der Waals surface area (Å²) in [6.45, 7) is 0.0957. The van der Waals surface area contributed by atoms with E-state index in [9.17, 15) is 18.4 Å². The lowest BCUT2D eigenvalue weighted by atomic mass is 9.89. The molecule has 2 atom stereocenters. The highest BCUT2D eigenvalue weighted by molar-refractivity contribution is 5.94. The Balaban J connectivity index is 1.45. The number of amides is 2. The van der Waals surface area contributed by atoms with Crippen molar-refractivity contribution in [3.63, 3.8) is 0 Å². The van der Waals surface area contributed by atoms with Gasteiger partial charge < -0.3 is 20.7 Å². The van der Waals surface area contributed by atoms with Crippen molar-refractivity contribution in [2.24, 2.45) is 5.73 Å².